The number of hydrogen-bond donors (Lipinski definition) is 1. The Hall–Kier alpha value is -2.69. The summed E-state index contributed by atoms with van der Waals surface area (Å²) in [4.78, 5) is 28.0. The van der Waals surface area contributed by atoms with Crippen LogP contribution in [0.25, 0.3) is 0 Å². The number of nitrogens with zero attached hydrogens (tertiary/aromatic N) is 2. The maximum atomic E-state index is 13.7. The van der Waals surface area contributed by atoms with Gasteiger partial charge in [0.15, 0.2) is 11.5 Å². The predicted octanol–water partition coefficient (Wildman–Crippen LogP) is 4.21. The average molecular weight is 573 g/mol. The van der Waals surface area contributed by atoms with Crippen molar-refractivity contribution >= 4 is 50.7 Å². The molecule has 9 nitrogen and oxygen atoms in total. The molecule has 1 N–H and O–H groups in total. The number of halogens is 2. The monoisotopic (exact) mass is 571 g/mol. The fraction of sp³-hybridized carbons (Fsp3) is 0.440. The third kappa shape index (κ3) is 7.00. The van der Waals surface area contributed by atoms with Crippen LogP contribution in [0.3, 0.4) is 0 Å². The molecule has 0 spiro atoms. The zero-order valence-corrected chi connectivity index (χ0v) is 23.5. The smallest absolute Gasteiger partial charge is 0.244 e. The highest BCUT2D eigenvalue weighted by atomic mass is 35.5. The van der Waals surface area contributed by atoms with Crippen molar-refractivity contribution in [2.24, 2.45) is 0 Å². The van der Waals surface area contributed by atoms with E-state index < -0.39 is 28.5 Å². The number of carbonyl (C=O) groups is 2. The second-order valence-corrected chi connectivity index (χ2v) is 11.7. The maximum Gasteiger partial charge on any atom is 0.244 e. The first-order valence-electron chi connectivity index (χ1n) is 11.9. The van der Waals surface area contributed by atoms with Crippen LogP contribution in [-0.4, -0.2) is 56.3 Å². The van der Waals surface area contributed by atoms with Gasteiger partial charge in [-0.3, -0.25) is 13.9 Å². The number of benzene rings is 2. The number of rotatable bonds is 11. The van der Waals surface area contributed by atoms with Crippen LogP contribution in [0, 0.1) is 0 Å². The van der Waals surface area contributed by atoms with Gasteiger partial charge in [0.25, 0.3) is 0 Å². The number of sulfonamides is 1. The van der Waals surface area contributed by atoms with E-state index in [1.54, 1.807) is 37.3 Å². The van der Waals surface area contributed by atoms with Crippen LogP contribution in [-0.2, 0) is 26.2 Å². The summed E-state index contributed by atoms with van der Waals surface area (Å²) in [6.45, 7) is 6.43. The normalized spacial score (nSPS) is 14.1. The summed E-state index contributed by atoms with van der Waals surface area (Å²) in [7, 11) is -3.86. The first kappa shape index (κ1) is 28.9. The lowest BCUT2D eigenvalue weighted by Crippen LogP contribution is -2.52. The lowest BCUT2D eigenvalue weighted by atomic mass is 10.1. The fourth-order valence-electron chi connectivity index (χ4n) is 3.64. The molecule has 0 unspecified atom stereocenters. The minimum Gasteiger partial charge on any atom is -0.454 e. The van der Waals surface area contributed by atoms with Crippen molar-refractivity contribution in [1.29, 1.82) is 0 Å². The van der Waals surface area contributed by atoms with Crippen LogP contribution in [0.15, 0.2) is 36.4 Å². The second kappa shape index (κ2) is 12.2. The van der Waals surface area contributed by atoms with Gasteiger partial charge in [0.1, 0.15) is 12.6 Å². The lowest BCUT2D eigenvalue weighted by Gasteiger charge is -2.32. The number of fused-ring (bicyclic) bond motifs is 1. The topological polar surface area (TPSA) is 105 Å². The van der Waals surface area contributed by atoms with Crippen molar-refractivity contribution in [2.45, 2.75) is 52.7 Å². The summed E-state index contributed by atoms with van der Waals surface area (Å²) in [5, 5.41) is 3.54. The molecule has 0 saturated carbocycles. The zero-order valence-electron chi connectivity index (χ0n) is 21.2. The van der Waals surface area contributed by atoms with Gasteiger partial charge in [0, 0.05) is 18.7 Å². The Morgan fingerprint density at radius 3 is 2.38 bits per heavy atom. The molecule has 0 aliphatic carbocycles. The van der Waals surface area contributed by atoms with Crippen molar-refractivity contribution in [3.8, 4) is 11.5 Å². The molecular weight excluding hydrogens is 541 g/mol. The molecular formula is C25H31Cl2N3O6S. The summed E-state index contributed by atoms with van der Waals surface area (Å²) in [5.41, 5.74) is 0.893. The van der Waals surface area contributed by atoms with Crippen LogP contribution < -0.4 is 19.1 Å². The molecule has 1 heterocycles. The summed E-state index contributed by atoms with van der Waals surface area (Å²) < 4.78 is 37.9. The zero-order chi connectivity index (χ0) is 27.3. The molecule has 0 radical (unpaired) electrons. The summed E-state index contributed by atoms with van der Waals surface area (Å²) in [5.74, 6) is -0.273. The van der Waals surface area contributed by atoms with Crippen LogP contribution in [0.4, 0.5) is 5.69 Å². The molecule has 0 aromatic heterocycles. The quantitative estimate of drug-likeness (QED) is 0.433. The van der Waals surface area contributed by atoms with Crippen molar-refractivity contribution < 1.29 is 27.5 Å². The third-order valence-electron chi connectivity index (χ3n) is 6.13. The minimum atomic E-state index is -3.86. The Labute approximate surface area is 227 Å². The first-order valence-corrected chi connectivity index (χ1v) is 14.3. The van der Waals surface area contributed by atoms with Gasteiger partial charge >= 0.3 is 0 Å². The average Bonchev–Trinajstić information content (AvgIpc) is 3.35. The molecule has 12 heteroatoms. The van der Waals surface area contributed by atoms with Crippen molar-refractivity contribution in [2.75, 3.05) is 23.4 Å². The van der Waals surface area contributed by atoms with Gasteiger partial charge in [-0.25, -0.2) is 8.42 Å². The molecule has 1 aliphatic rings. The van der Waals surface area contributed by atoms with Gasteiger partial charge in [0.2, 0.25) is 28.6 Å². The van der Waals surface area contributed by atoms with Crippen LogP contribution >= 0.6 is 23.2 Å². The Morgan fingerprint density at radius 2 is 1.73 bits per heavy atom. The molecule has 1 aliphatic heterocycles. The number of nitrogens with one attached hydrogen (secondary N) is 1. The Bertz CT molecular complexity index is 1260. The minimum absolute atomic E-state index is 0.0198. The highest BCUT2D eigenvalue weighted by Crippen LogP contribution is 2.36. The van der Waals surface area contributed by atoms with Crippen molar-refractivity contribution in [1.82, 2.24) is 10.2 Å². The molecule has 0 bridgehead atoms. The van der Waals surface area contributed by atoms with Crippen LogP contribution in [0.2, 0.25) is 10.0 Å². The van der Waals surface area contributed by atoms with Gasteiger partial charge in [0.05, 0.1) is 21.5 Å². The van der Waals surface area contributed by atoms with Gasteiger partial charge in [-0.2, -0.15) is 0 Å². The molecule has 2 aromatic rings. The molecule has 3 rings (SSSR count). The van der Waals surface area contributed by atoms with Gasteiger partial charge in [-0.1, -0.05) is 36.2 Å². The molecule has 2 aromatic carbocycles. The van der Waals surface area contributed by atoms with E-state index >= 15 is 0 Å². The van der Waals surface area contributed by atoms with Crippen LogP contribution in [0.1, 0.15) is 39.7 Å². The van der Waals surface area contributed by atoms with Crippen molar-refractivity contribution in [3.05, 3.63) is 52.0 Å². The van der Waals surface area contributed by atoms with E-state index in [1.807, 2.05) is 13.8 Å². The number of anilines is 1. The highest BCUT2D eigenvalue weighted by molar-refractivity contribution is 7.92. The molecule has 2 atom stereocenters. The standard InChI is InChI=1S/C25H31Cl2N3O6S/c1-5-16(3)28-25(32)17(4)29(13-18-7-9-20(26)21(27)11-18)24(31)14-30(37(33,34)6-2)19-8-10-22-23(12-19)36-15-35-22/h7-12,16-17H,5-6,13-15H2,1-4H3,(H,28,32)/t16-,17+/m0/s1. The summed E-state index contributed by atoms with van der Waals surface area (Å²) in [6, 6.07) is 8.60. The van der Waals surface area contributed by atoms with E-state index in [9.17, 15) is 18.0 Å². The van der Waals surface area contributed by atoms with E-state index in [1.165, 1.54) is 17.9 Å². The largest absolute Gasteiger partial charge is 0.454 e. The second-order valence-electron chi connectivity index (χ2n) is 8.71. The first-order chi connectivity index (χ1) is 17.5. The maximum absolute atomic E-state index is 13.7. The fourth-order valence-corrected chi connectivity index (χ4v) is 5.02. The summed E-state index contributed by atoms with van der Waals surface area (Å²) in [6.07, 6.45) is 0.714. The SMILES string of the molecule is CC[C@H](C)NC(=O)[C@@H](C)N(Cc1ccc(Cl)c(Cl)c1)C(=O)CN(c1ccc2c(c1)OCO2)S(=O)(=O)CC. The van der Waals surface area contributed by atoms with E-state index in [2.05, 4.69) is 5.32 Å². The van der Waals surface area contributed by atoms with E-state index in [-0.39, 0.29) is 36.7 Å². The van der Waals surface area contributed by atoms with Crippen molar-refractivity contribution in [3.63, 3.8) is 0 Å². The number of carbonyl (C=O) groups excluding carboxylic acids is 2. The number of hydrogen-bond acceptors (Lipinski definition) is 6. The van der Waals surface area contributed by atoms with E-state index in [0.29, 0.717) is 33.5 Å². The van der Waals surface area contributed by atoms with Gasteiger partial charge in [-0.05, 0) is 57.0 Å². The molecule has 0 fully saturated rings. The van der Waals surface area contributed by atoms with Gasteiger partial charge < -0.3 is 19.7 Å². The van der Waals surface area contributed by atoms with E-state index in [0.717, 1.165) is 4.31 Å². The highest BCUT2D eigenvalue weighted by Gasteiger charge is 2.32. The third-order valence-corrected chi connectivity index (χ3v) is 8.61. The Kier molecular flexibility index (Phi) is 9.55. The molecule has 0 saturated heterocycles. The van der Waals surface area contributed by atoms with Gasteiger partial charge in [-0.15, -0.1) is 0 Å². The lowest BCUT2D eigenvalue weighted by molar-refractivity contribution is -0.139. The molecule has 202 valence electrons. The van der Waals surface area contributed by atoms with Crippen LogP contribution in [0.5, 0.6) is 11.5 Å². The number of ether oxygens (including phenoxy) is 2. The number of amides is 2. The Morgan fingerprint density at radius 1 is 1.03 bits per heavy atom. The predicted molar refractivity (Wildman–Crippen MR) is 144 cm³/mol. The summed E-state index contributed by atoms with van der Waals surface area (Å²) >= 11 is 12.2. The molecule has 2 amide bonds. The molecule has 37 heavy (non-hydrogen) atoms. The Balaban J connectivity index is 1.95. The van der Waals surface area contributed by atoms with E-state index in [4.69, 9.17) is 32.7 Å².